The van der Waals surface area contributed by atoms with Crippen molar-refractivity contribution in [3.63, 3.8) is 0 Å². The Kier molecular flexibility index (Phi) is 6.89. The van der Waals surface area contributed by atoms with E-state index >= 15 is 0 Å². The number of amides is 2. The lowest BCUT2D eigenvalue weighted by atomic mass is 10.0. The van der Waals surface area contributed by atoms with Crippen molar-refractivity contribution in [1.82, 2.24) is 20.5 Å². The lowest BCUT2D eigenvalue weighted by Gasteiger charge is -2.32. The van der Waals surface area contributed by atoms with Gasteiger partial charge < -0.3 is 10.6 Å². The average Bonchev–Trinajstić information content (AvgIpc) is 2.80. The number of carbonyl (C=O) groups excluding carboxylic acids is 2. The Morgan fingerprint density at radius 1 is 1.00 bits per heavy atom. The molecule has 2 amide bonds. The highest BCUT2D eigenvalue weighted by molar-refractivity contribution is 5.98. The summed E-state index contributed by atoms with van der Waals surface area (Å²) in [5.74, 6) is -0.160. The summed E-state index contributed by atoms with van der Waals surface area (Å²) >= 11 is 0. The van der Waals surface area contributed by atoms with Gasteiger partial charge in [-0.15, -0.1) is 0 Å². The summed E-state index contributed by atoms with van der Waals surface area (Å²) < 4.78 is 0. The second kappa shape index (κ2) is 10.2. The van der Waals surface area contributed by atoms with Crippen molar-refractivity contribution in [3.05, 3.63) is 78.1 Å². The molecule has 2 N–H and O–H groups in total. The molecule has 1 fully saturated rings. The Labute approximate surface area is 182 Å². The van der Waals surface area contributed by atoms with Gasteiger partial charge in [-0.05, 0) is 47.4 Å². The molecule has 2 heterocycles. The summed E-state index contributed by atoms with van der Waals surface area (Å²) in [5.41, 5.74) is 1.83. The minimum atomic E-state index is -0.151. The molecule has 6 heteroatoms. The number of nitrogens with zero attached hydrogens (tertiary/aromatic N) is 2. The van der Waals surface area contributed by atoms with Crippen LogP contribution >= 0.6 is 0 Å². The first-order valence-electron chi connectivity index (χ1n) is 10.8. The van der Waals surface area contributed by atoms with E-state index in [-0.39, 0.29) is 24.3 Å². The molecule has 0 spiro atoms. The van der Waals surface area contributed by atoms with Crippen molar-refractivity contribution in [3.8, 4) is 0 Å². The van der Waals surface area contributed by atoms with Gasteiger partial charge in [0.1, 0.15) is 0 Å². The van der Waals surface area contributed by atoms with E-state index in [1.807, 2.05) is 54.7 Å². The van der Waals surface area contributed by atoms with Gasteiger partial charge in [-0.25, -0.2) is 0 Å². The molecule has 0 bridgehead atoms. The molecule has 0 unspecified atom stereocenters. The van der Waals surface area contributed by atoms with E-state index in [0.29, 0.717) is 12.1 Å². The van der Waals surface area contributed by atoms with Gasteiger partial charge in [0.05, 0.1) is 0 Å². The summed E-state index contributed by atoms with van der Waals surface area (Å²) in [6, 6.07) is 17.8. The van der Waals surface area contributed by atoms with Gasteiger partial charge in [-0.1, -0.05) is 36.4 Å². The number of fused-ring (bicyclic) bond motifs is 1. The van der Waals surface area contributed by atoms with Gasteiger partial charge in [-0.3, -0.25) is 19.5 Å². The number of nitrogens with one attached hydrogen (secondary N) is 2. The van der Waals surface area contributed by atoms with Crippen LogP contribution in [0.25, 0.3) is 10.8 Å². The summed E-state index contributed by atoms with van der Waals surface area (Å²) in [7, 11) is 0. The third-order valence-corrected chi connectivity index (χ3v) is 5.73. The van der Waals surface area contributed by atoms with E-state index in [1.165, 1.54) is 5.56 Å². The first-order chi connectivity index (χ1) is 15.2. The highest BCUT2D eigenvalue weighted by atomic mass is 16.2. The van der Waals surface area contributed by atoms with Crippen LogP contribution in [0, 0.1) is 0 Å². The first-order valence-corrected chi connectivity index (χ1v) is 10.8. The topological polar surface area (TPSA) is 74.3 Å². The van der Waals surface area contributed by atoms with E-state index in [2.05, 4.69) is 26.6 Å². The molecule has 0 atom stereocenters. The van der Waals surface area contributed by atoms with Crippen LogP contribution in [0.4, 0.5) is 0 Å². The van der Waals surface area contributed by atoms with E-state index in [0.717, 1.165) is 43.2 Å². The van der Waals surface area contributed by atoms with Crippen molar-refractivity contribution in [1.29, 1.82) is 0 Å². The van der Waals surface area contributed by atoms with Crippen molar-refractivity contribution in [2.45, 2.75) is 31.8 Å². The Morgan fingerprint density at radius 3 is 2.58 bits per heavy atom. The predicted molar refractivity (Wildman–Crippen MR) is 122 cm³/mol. The molecule has 1 aliphatic rings. The van der Waals surface area contributed by atoms with Crippen LogP contribution in [0.1, 0.15) is 35.2 Å². The second-order valence-corrected chi connectivity index (χ2v) is 8.05. The maximum absolute atomic E-state index is 12.4. The summed E-state index contributed by atoms with van der Waals surface area (Å²) in [4.78, 5) is 31.2. The number of benzene rings is 2. The molecule has 1 saturated heterocycles. The SMILES string of the molecule is O=C(CCNC(=O)c1ccc2ccccc2c1)NC1CCN(Cc2cccnc2)CC1. The van der Waals surface area contributed by atoms with Gasteiger partial charge in [0.15, 0.2) is 0 Å². The zero-order valence-corrected chi connectivity index (χ0v) is 17.6. The van der Waals surface area contributed by atoms with Gasteiger partial charge in [-0.2, -0.15) is 0 Å². The number of hydrogen-bond donors (Lipinski definition) is 2. The molecular weight excluding hydrogens is 388 g/mol. The summed E-state index contributed by atoms with van der Waals surface area (Å²) in [5, 5.41) is 8.10. The van der Waals surface area contributed by atoms with Crippen LogP contribution in [0.15, 0.2) is 67.0 Å². The Hall–Kier alpha value is -3.25. The molecule has 0 aliphatic carbocycles. The second-order valence-electron chi connectivity index (χ2n) is 8.05. The zero-order chi connectivity index (χ0) is 21.5. The van der Waals surface area contributed by atoms with Crippen LogP contribution in [-0.4, -0.2) is 47.4 Å². The number of hydrogen-bond acceptors (Lipinski definition) is 4. The molecule has 160 valence electrons. The van der Waals surface area contributed by atoms with E-state index in [1.54, 1.807) is 6.20 Å². The van der Waals surface area contributed by atoms with Crippen LogP contribution in [0.3, 0.4) is 0 Å². The smallest absolute Gasteiger partial charge is 0.251 e. The minimum Gasteiger partial charge on any atom is -0.353 e. The van der Waals surface area contributed by atoms with Crippen LogP contribution in [0.2, 0.25) is 0 Å². The highest BCUT2D eigenvalue weighted by Crippen LogP contribution is 2.16. The third kappa shape index (κ3) is 5.89. The quantitative estimate of drug-likeness (QED) is 0.621. The number of piperidine rings is 1. The Morgan fingerprint density at radius 2 is 1.81 bits per heavy atom. The standard InChI is InChI=1S/C25H28N4O2/c30-24(28-23-10-14-29(15-11-23)18-19-4-3-12-26-17-19)9-13-27-25(31)22-8-7-20-5-1-2-6-21(20)16-22/h1-8,12,16-17,23H,9-11,13-15,18H2,(H,27,31)(H,28,30). The van der Waals surface area contributed by atoms with E-state index in [4.69, 9.17) is 0 Å². The maximum atomic E-state index is 12.4. The number of pyridine rings is 1. The highest BCUT2D eigenvalue weighted by Gasteiger charge is 2.20. The van der Waals surface area contributed by atoms with Gasteiger partial charge in [0, 0.05) is 56.6 Å². The van der Waals surface area contributed by atoms with Crippen LogP contribution in [-0.2, 0) is 11.3 Å². The van der Waals surface area contributed by atoms with Crippen molar-refractivity contribution in [2.75, 3.05) is 19.6 Å². The van der Waals surface area contributed by atoms with E-state index < -0.39 is 0 Å². The van der Waals surface area contributed by atoms with Crippen molar-refractivity contribution < 1.29 is 9.59 Å². The number of rotatable bonds is 7. The zero-order valence-electron chi connectivity index (χ0n) is 17.6. The average molecular weight is 417 g/mol. The van der Waals surface area contributed by atoms with Crippen LogP contribution in [0.5, 0.6) is 0 Å². The summed E-state index contributed by atoms with van der Waals surface area (Å²) in [6.45, 7) is 3.14. The Balaban J connectivity index is 1.16. The van der Waals surface area contributed by atoms with E-state index in [9.17, 15) is 9.59 Å². The predicted octanol–water partition coefficient (Wildman–Crippen LogP) is 3.14. The van der Waals surface area contributed by atoms with Crippen molar-refractivity contribution >= 4 is 22.6 Å². The van der Waals surface area contributed by atoms with Gasteiger partial charge in [0.25, 0.3) is 5.91 Å². The fourth-order valence-corrected chi connectivity index (χ4v) is 4.01. The van der Waals surface area contributed by atoms with Crippen molar-refractivity contribution in [2.24, 2.45) is 0 Å². The fourth-order valence-electron chi connectivity index (χ4n) is 4.01. The largest absolute Gasteiger partial charge is 0.353 e. The molecule has 2 aromatic carbocycles. The third-order valence-electron chi connectivity index (χ3n) is 5.73. The first kappa shape index (κ1) is 21.0. The molecule has 31 heavy (non-hydrogen) atoms. The molecule has 6 nitrogen and oxygen atoms in total. The summed E-state index contributed by atoms with van der Waals surface area (Å²) in [6.07, 6.45) is 5.86. The molecule has 3 aromatic rings. The molecule has 1 aromatic heterocycles. The fraction of sp³-hybridized carbons (Fsp3) is 0.320. The maximum Gasteiger partial charge on any atom is 0.251 e. The van der Waals surface area contributed by atoms with Crippen LogP contribution < -0.4 is 10.6 Å². The number of likely N-dealkylation sites (tertiary alicyclic amines) is 1. The lowest BCUT2D eigenvalue weighted by Crippen LogP contribution is -2.45. The molecule has 1 aliphatic heterocycles. The van der Waals surface area contributed by atoms with Gasteiger partial charge in [0.2, 0.25) is 5.91 Å². The minimum absolute atomic E-state index is 0.00970. The molecular formula is C25H28N4O2. The number of aromatic nitrogens is 1. The normalized spacial score (nSPS) is 15.0. The lowest BCUT2D eigenvalue weighted by molar-refractivity contribution is -0.122. The molecule has 0 saturated carbocycles. The Bertz CT molecular complexity index is 1030. The number of carbonyl (C=O) groups is 2. The molecule has 0 radical (unpaired) electrons. The monoisotopic (exact) mass is 416 g/mol. The van der Waals surface area contributed by atoms with Gasteiger partial charge >= 0.3 is 0 Å². The molecule has 4 rings (SSSR count).